The molecule has 0 saturated carbocycles. The van der Waals surface area contributed by atoms with Gasteiger partial charge in [0.25, 0.3) is 0 Å². The van der Waals surface area contributed by atoms with Crippen LogP contribution in [0, 0.1) is 5.92 Å². The Morgan fingerprint density at radius 1 is 1.40 bits per heavy atom. The average molecular weight is 277 g/mol. The number of benzene rings is 1. The summed E-state index contributed by atoms with van der Waals surface area (Å²) in [6.45, 7) is 3.72. The molecule has 1 N–H and O–H groups in total. The van der Waals surface area contributed by atoms with Crippen LogP contribution in [0.4, 0.5) is 0 Å². The molecule has 1 fully saturated rings. The van der Waals surface area contributed by atoms with Crippen LogP contribution in [0.1, 0.15) is 25.3 Å². The number of hydrogen-bond donors (Lipinski definition) is 1. The zero-order valence-corrected chi connectivity index (χ0v) is 11.5. The van der Waals surface area contributed by atoms with Gasteiger partial charge in [0.15, 0.2) is 11.5 Å². The third kappa shape index (κ3) is 2.45. The van der Waals surface area contributed by atoms with E-state index in [2.05, 4.69) is 11.8 Å². The molecule has 5 nitrogen and oxygen atoms in total. The van der Waals surface area contributed by atoms with E-state index in [0.29, 0.717) is 19.1 Å². The predicted molar refractivity (Wildman–Crippen MR) is 72.8 cm³/mol. The van der Waals surface area contributed by atoms with Crippen molar-refractivity contribution in [1.29, 1.82) is 0 Å². The van der Waals surface area contributed by atoms with Crippen molar-refractivity contribution >= 4 is 5.97 Å². The number of likely N-dealkylation sites (tertiary alicyclic amines) is 1. The zero-order chi connectivity index (χ0) is 14.1. The summed E-state index contributed by atoms with van der Waals surface area (Å²) in [5, 5.41) is 9.19. The fourth-order valence-electron chi connectivity index (χ4n) is 2.94. The molecule has 3 rings (SSSR count). The van der Waals surface area contributed by atoms with Crippen molar-refractivity contribution in [3.8, 4) is 11.5 Å². The van der Waals surface area contributed by atoms with Crippen molar-refractivity contribution in [3.63, 3.8) is 0 Å². The number of aliphatic carboxylic acids is 1. The Balaban J connectivity index is 1.76. The number of carboxylic acid groups (broad SMARTS) is 1. The highest BCUT2D eigenvalue weighted by Gasteiger charge is 2.30. The maximum atomic E-state index is 11.2. The van der Waals surface area contributed by atoms with Gasteiger partial charge in [-0.05, 0) is 25.8 Å². The molecular formula is C15H19NO4. The molecule has 2 atom stereocenters. The third-order valence-electron chi connectivity index (χ3n) is 4.21. The number of para-hydroxylation sites is 1. The lowest BCUT2D eigenvalue weighted by atomic mass is 9.93. The molecule has 5 heteroatoms. The van der Waals surface area contributed by atoms with E-state index in [0.717, 1.165) is 29.9 Å². The minimum Gasteiger partial charge on any atom is -0.481 e. The molecule has 0 spiro atoms. The van der Waals surface area contributed by atoms with E-state index >= 15 is 0 Å². The van der Waals surface area contributed by atoms with Gasteiger partial charge in [-0.15, -0.1) is 0 Å². The largest absolute Gasteiger partial charge is 0.481 e. The molecule has 0 radical (unpaired) electrons. The molecule has 1 aromatic carbocycles. The molecule has 0 unspecified atom stereocenters. The van der Waals surface area contributed by atoms with Crippen molar-refractivity contribution in [2.45, 2.75) is 32.4 Å². The van der Waals surface area contributed by atoms with Crippen LogP contribution >= 0.6 is 0 Å². The first-order chi connectivity index (χ1) is 9.65. The van der Waals surface area contributed by atoms with Crippen molar-refractivity contribution < 1.29 is 19.4 Å². The Labute approximate surface area is 118 Å². The van der Waals surface area contributed by atoms with Crippen molar-refractivity contribution in [2.75, 3.05) is 13.3 Å². The Kier molecular flexibility index (Phi) is 3.53. The first-order valence-electron chi connectivity index (χ1n) is 6.99. The van der Waals surface area contributed by atoms with Crippen molar-refractivity contribution in [3.05, 3.63) is 23.8 Å². The molecular weight excluding hydrogens is 258 g/mol. The van der Waals surface area contributed by atoms with E-state index in [9.17, 15) is 9.90 Å². The molecule has 0 aromatic heterocycles. The Bertz CT molecular complexity index is 517. The van der Waals surface area contributed by atoms with Crippen LogP contribution in [0.2, 0.25) is 0 Å². The van der Waals surface area contributed by atoms with Gasteiger partial charge in [-0.2, -0.15) is 0 Å². The molecule has 0 aliphatic carbocycles. The lowest BCUT2D eigenvalue weighted by Crippen LogP contribution is -2.43. The van der Waals surface area contributed by atoms with Gasteiger partial charge in [-0.25, -0.2) is 0 Å². The molecule has 2 aliphatic heterocycles. The van der Waals surface area contributed by atoms with Crippen LogP contribution in [0.3, 0.4) is 0 Å². The summed E-state index contributed by atoms with van der Waals surface area (Å²) < 4.78 is 10.9. The lowest BCUT2D eigenvalue weighted by Gasteiger charge is -2.36. The highest BCUT2D eigenvalue weighted by molar-refractivity contribution is 5.70. The minimum atomic E-state index is -0.695. The second kappa shape index (κ2) is 5.32. The van der Waals surface area contributed by atoms with Crippen LogP contribution < -0.4 is 9.47 Å². The first-order valence-corrected chi connectivity index (χ1v) is 6.99. The number of carbonyl (C=O) groups is 1. The fourth-order valence-corrected chi connectivity index (χ4v) is 2.94. The van der Waals surface area contributed by atoms with Gasteiger partial charge in [0.05, 0.1) is 5.92 Å². The molecule has 2 aliphatic rings. The van der Waals surface area contributed by atoms with Crippen LogP contribution in [-0.2, 0) is 11.3 Å². The van der Waals surface area contributed by atoms with E-state index in [1.54, 1.807) is 0 Å². The number of carboxylic acids is 1. The average Bonchev–Trinajstić information content (AvgIpc) is 2.90. The normalized spacial score (nSPS) is 25.6. The molecule has 0 bridgehead atoms. The number of fused-ring (bicyclic) bond motifs is 1. The quantitative estimate of drug-likeness (QED) is 0.917. The zero-order valence-electron chi connectivity index (χ0n) is 11.5. The van der Waals surface area contributed by atoms with E-state index in [-0.39, 0.29) is 12.7 Å². The maximum absolute atomic E-state index is 11.2. The Morgan fingerprint density at radius 2 is 2.25 bits per heavy atom. The Morgan fingerprint density at radius 3 is 3.05 bits per heavy atom. The summed E-state index contributed by atoms with van der Waals surface area (Å²) in [5.74, 6) is 0.624. The monoisotopic (exact) mass is 277 g/mol. The number of hydrogen-bond acceptors (Lipinski definition) is 4. The van der Waals surface area contributed by atoms with Gasteiger partial charge in [0.1, 0.15) is 0 Å². The van der Waals surface area contributed by atoms with Crippen LogP contribution in [0.5, 0.6) is 11.5 Å². The SMILES string of the molecule is C[C@H]1CC[C@@H](C(=O)O)CN1Cc1cccc2c1OCO2. The van der Waals surface area contributed by atoms with Gasteiger partial charge in [-0.3, -0.25) is 9.69 Å². The van der Waals surface area contributed by atoms with Crippen LogP contribution in [0.25, 0.3) is 0 Å². The molecule has 2 heterocycles. The number of rotatable bonds is 3. The lowest BCUT2D eigenvalue weighted by molar-refractivity contribution is -0.144. The Hall–Kier alpha value is -1.75. The highest BCUT2D eigenvalue weighted by atomic mass is 16.7. The van der Waals surface area contributed by atoms with Gasteiger partial charge in [0, 0.05) is 24.7 Å². The van der Waals surface area contributed by atoms with Crippen LogP contribution in [0.15, 0.2) is 18.2 Å². The molecule has 1 saturated heterocycles. The van der Waals surface area contributed by atoms with Gasteiger partial charge < -0.3 is 14.6 Å². The molecule has 108 valence electrons. The van der Waals surface area contributed by atoms with E-state index in [1.165, 1.54) is 0 Å². The number of nitrogens with zero attached hydrogens (tertiary/aromatic N) is 1. The van der Waals surface area contributed by atoms with E-state index in [4.69, 9.17) is 9.47 Å². The standard InChI is InChI=1S/C15H19NO4/c1-10-5-6-12(15(17)18)8-16(10)7-11-3-2-4-13-14(11)20-9-19-13/h2-4,10,12H,5-9H2,1H3,(H,17,18)/t10-,12+/m0/s1. The van der Waals surface area contributed by atoms with Gasteiger partial charge >= 0.3 is 5.97 Å². The summed E-state index contributed by atoms with van der Waals surface area (Å²) in [6.07, 6.45) is 1.68. The smallest absolute Gasteiger partial charge is 0.307 e. The van der Waals surface area contributed by atoms with Gasteiger partial charge in [0.2, 0.25) is 6.79 Å². The predicted octanol–water partition coefficient (Wildman–Crippen LogP) is 2.10. The van der Waals surface area contributed by atoms with Crippen LogP contribution in [-0.4, -0.2) is 35.4 Å². The highest BCUT2D eigenvalue weighted by Crippen LogP contribution is 2.37. The maximum Gasteiger partial charge on any atom is 0.307 e. The van der Waals surface area contributed by atoms with E-state index in [1.807, 2.05) is 18.2 Å². The second-order valence-electron chi connectivity index (χ2n) is 5.54. The number of ether oxygens (including phenoxy) is 2. The summed E-state index contributed by atoms with van der Waals surface area (Å²) in [5.41, 5.74) is 1.07. The summed E-state index contributed by atoms with van der Waals surface area (Å²) in [4.78, 5) is 13.4. The first kappa shape index (κ1) is 13.2. The van der Waals surface area contributed by atoms with Gasteiger partial charge in [-0.1, -0.05) is 12.1 Å². The summed E-state index contributed by atoms with van der Waals surface area (Å²) in [7, 11) is 0. The molecule has 20 heavy (non-hydrogen) atoms. The minimum absolute atomic E-state index is 0.264. The van der Waals surface area contributed by atoms with E-state index < -0.39 is 5.97 Å². The number of piperidine rings is 1. The van der Waals surface area contributed by atoms with Crippen molar-refractivity contribution in [1.82, 2.24) is 4.90 Å². The topological polar surface area (TPSA) is 59.0 Å². The van der Waals surface area contributed by atoms with Crippen molar-refractivity contribution in [2.24, 2.45) is 5.92 Å². The fraction of sp³-hybridized carbons (Fsp3) is 0.533. The molecule has 0 amide bonds. The summed E-state index contributed by atoms with van der Waals surface area (Å²) in [6, 6.07) is 6.26. The molecule has 1 aromatic rings. The third-order valence-corrected chi connectivity index (χ3v) is 4.21. The summed E-state index contributed by atoms with van der Waals surface area (Å²) >= 11 is 0. The second-order valence-corrected chi connectivity index (χ2v) is 5.54.